The van der Waals surface area contributed by atoms with Gasteiger partial charge in [-0.25, -0.2) is 9.50 Å². The molecule has 0 aromatic carbocycles. The maximum Gasteiger partial charge on any atom is 0.177 e. The van der Waals surface area contributed by atoms with Crippen molar-refractivity contribution in [2.45, 2.75) is 6.61 Å². The van der Waals surface area contributed by atoms with Crippen molar-refractivity contribution >= 4 is 21.6 Å². The minimum absolute atomic E-state index is 0.439. The summed E-state index contributed by atoms with van der Waals surface area (Å²) in [5.74, 6) is 0.689. The molecule has 2 rings (SSSR count). The van der Waals surface area contributed by atoms with E-state index in [1.165, 1.54) is 0 Å². The summed E-state index contributed by atoms with van der Waals surface area (Å²) in [5, 5.41) is 4.24. The zero-order valence-electron chi connectivity index (χ0n) is 7.07. The number of hydrogen-bond donors (Lipinski definition) is 0. The molecular weight excluding hydrogens is 234 g/mol. The van der Waals surface area contributed by atoms with Crippen molar-refractivity contribution in [1.82, 2.24) is 14.6 Å². The summed E-state index contributed by atoms with van der Waals surface area (Å²) in [6.45, 7) is 0.439. The molecule has 2 heterocycles. The number of aromatic nitrogens is 3. The molecule has 0 aliphatic carbocycles. The molecule has 0 fully saturated rings. The van der Waals surface area contributed by atoms with Crippen LogP contribution >= 0.6 is 15.9 Å². The molecule has 0 aliphatic rings. The molecule has 0 N–H and O–H groups in total. The van der Waals surface area contributed by atoms with Crippen molar-refractivity contribution in [3.63, 3.8) is 0 Å². The van der Waals surface area contributed by atoms with E-state index in [9.17, 15) is 0 Å². The molecule has 4 nitrogen and oxygen atoms in total. The van der Waals surface area contributed by atoms with Gasteiger partial charge in [0.05, 0.1) is 0 Å². The minimum Gasteiger partial charge on any atom is -0.377 e. The minimum atomic E-state index is 0.439. The Kier molecular flexibility index (Phi) is 2.28. The molecule has 0 atom stereocenters. The monoisotopic (exact) mass is 241 g/mol. The Hall–Kier alpha value is -0.940. The first kappa shape index (κ1) is 8.65. The molecule has 0 saturated carbocycles. The summed E-state index contributed by atoms with van der Waals surface area (Å²) in [4.78, 5) is 4.26. The lowest BCUT2D eigenvalue weighted by molar-refractivity contribution is 0.178. The predicted molar refractivity (Wildman–Crippen MR) is 51.4 cm³/mol. The fraction of sp³-hybridized carbons (Fsp3) is 0.250. The second-order valence-corrected chi connectivity index (χ2v) is 3.39. The molecule has 0 aliphatic heterocycles. The molecule has 0 radical (unpaired) electrons. The Labute approximate surface area is 83.7 Å². The summed E-state index contributed by atoms with van der Waals surface area (Å²) in [5.41, 5.74) is 0.821. The molecule has 5 heteroatoms. The fourth-order valence-corrected chi connectivity index (χ4v) is 1.52. The lowest BCUT2D eigenvalue weighted by atomic mass is 10.5. The average Bonchev–Trinajstić information content (AvgIpc) is 2.49. The number of ether oxygens (including phenoxy) is 1. The van der Waals surface area contributed by atoms with Crippen LogP contribution in [0.2, 0.25) is 0 Å². The van der Waals surface area contributed by atoms with Crippen molar-refractivity contribution in [1.29, 1.82) is 0 Å². The van der Waals surface area contributed by atoms with Crippen LogP contribution in [0.3, 0.4) is 0 Å². The summed E-state index contributed by atoms with van der Waals surface area (Å²) in [7, 11) is 1.63. The van der Waals surface area contributed by atoms with Crippen LogP contribution in [0.5, 0.6) is 0 Å². The van der Waals surface area contributed by atoms with Gasteiger partial charge in [-0.15, -0.1) is 5.10 Å². The van der Waals surface area contributed by atoms with Crippen LogP contribution in [0.25, 0.3) is 5.65 Å². The number of halogens is 1. The van der Waals surface area contributed by atoms with E-state index < -0.39 is 0 Å². The van der Waals surface area contributed by atoms with Crippen LogP contribution in [-0.2, 0) is 11.3 Å². The van der Waals surface area contributed by atoms with E-state index in [1.807, 2.05) is 18.2 Å². The zero-order valence-corrected chi connectivity index (χ0v) is 8.65. The third-order valence-corrected chi connectivity index (χ3v) is 2.23. The molecule has 0 amide bonds. The molecule has 0 bridgehead atoms. The Morgan fingerprint density at radius 2 is 2.38 bits per heavy atom. The summed E-state index contributed by atoms with van der Waals surface area (Å²) >= 11 is 3.38. The highest BCUT2D eigenvalue weighted by molar-refractivity contribution is 9.10. The van der Waals surface area contributed by atoms with Crippen molar-refractivity contribution in [3.05, 3.63) is 28.6 Å². The maximum atomic E-state index is 4.94. The Balaban J connectivity index is 2.55. The van der Waals surface area contributed by atoms with E-state index in [0.717, 1.165) is 10.3 Å². The second-order valence-electron chi connectivity index (χ2n) is 2.58. The largest absolute Gasteiger partial charge is 0.377 e. The Bertz CT molecular complexity index is 426. The topological polar surface area (TPSA) is 39.4 Å². The molecule has 68 valence electrons. The summed E-state index contributed by atoms with van der Waals surface area (Å²) < 4.78 is 7.56. The van der Waals surface area contributed by atoms with Crippen LogP contribution in [0.4, 0.5) is 0 Å². The first-order valence-corrected chi connectivity index (χ1v) is 4.59. The van der Waals surface area contributed by atoms with E-state index >= 15 is 0 Å². The first-order chi connectivity index (χ1) is 6.31. The molecule has 2 aromatic rings. The second kappa shape index (κ2) is 3.43. The predicted octanol–water partition coefficient (Wildman–Crippen LogP) is 1.64. The van der Waals surface area contributed by atoms with Crippen LogP contribution in [-0.4, -0.2) is 21.7 Å². The number of methoxy groups -OCH3 is 1. The highest BCUT2D eigenvalue weighted by Gasteiger charge is 2.03. The van der Waals surface area contributed by atoms with Crippen LogP contribution in [0.15, 0.2) is 22.8 Å². The standard InChI is InChI=1S/C8H8BrN3O/c1-13-5-7-10-8-4-2-3-6(9)12(8)11-7/h2-4H,5H2,1H3. The molecule has 2 aromatic heterocycles. The van der Waals surface area contributed by atoms with Gasteiger partial charge in [0.25, 0.3) is 0 Å². The number of rotatable bonds is 2. The van der Waals surface area contributed by atoms with Gasteiger partial charge in [-0.05, 0) is 28.1 Å². The van der Waals surface area contributed by atoms with Gasteiger partial charge >= 0.3 is 0 Å². The fourth-order valence-electron chi connectivity index (χ4n) is 1.11. The number of fused-ring (bicyclic) bond motifs is 1. The van der Waals surface area contributed by atoms with Gasteiger partial charge in [0, 0.05) is 7.11 Å². The van der Waals surface area contributed by atoms with E-state index in [-0.39, 0.29) is 0 Å². The molecule has 0 spiro atoms. The number of nitrogens with zero attached hydrogens (tertiary/aromatic N) is 3. The van der Waals surface area contributed by atoms with Gasteiger partial charge in [0.1, 0.15) is 11.2 Å². The summed E-state index contributed by atoms with van der Waals surface area (Å²) in [6.07, 6.45) is 0. The van der Waals surface area contributed by atoms with Gasteiger partial charge in [-0.2, -0.15) is 0 Å². The van der Waals surface area contributed by atoms with Crippen molar-refractivity contribution in [2.75, 3.05) is 7.11 Å². The molecule has 0 unspecified atom stereocenters. The van der Waals surface area contributed by atoms with Crippen molar-refractivity contribution in [3.8, 4) is 0 Å². The SMILES string of the molecule is COCc1nc2cccc(Br)n2n1. The zero-order chi connectivity index (χ0) is 9.26. The number of pyridine rings is 1. The van der Waals surface area contributed by atoms with Crippen LogP contribution < -0.4 is 0 Å². The number of hydrogen-bond acceptors (Lipinski definition) is 3. The smallest absolute Gasteiger partial charge is 0.177 e. The van der Waals surface area contributed by atoms with E-state index in [1.54, 1.807) is 11.6 Å². The first-order valence-electron chi connectivity index (χ1n) is 3.80. The maximum absolute atomic E-state index is 4.94. The lowest BCUT2D eigenvalue weighted by Crippen LogP contribution is -1.92. The molecular formula is C8H8BrN3O. The average molecular weight is 242 g/mol. The van der Waals surface area contributed by atoms with Crippen molar-refractivity contribution in [2.24, 2.45) is 0 Å². The van der Waals surface area contributed by atoms with Gasteiger partial charge in [0.2, 0.25) is 0 Å². The highest BCUT2D eigenvalue weighted by Crippen LogP contribution is 2.11. The third kappa shape index (κ3) is 1.57. The van der Waals surface area contributed by atoms with E-state index in [2.05, 4.69) is 26.0 Å². The van der Waals surface area contributed by atoms with Gasteiger partial charge in [-0.3, -0.25) is 0 Å². The van der Waals surface area contributed by atoms with Gasteiger partial charge in [-0.1, -0.05) is 6.07 Å². The normalized spacial score (nSPS) is 10.9. The molecule has 13 heavy (non-hydrogen) atoms. The highest BCUT2D eigenvalue weighted by atomic mass is 79.9. The van der Waals surface area contributed by atoms with Gasteiger partial charge < -0.3 is 4.74 Å². The van der Waals surface area contributed by atoms with Crippen LogP contribution in [0.1, 0.15) is 5.82 Å². The van der Waals surface area contributed by atoms with Gasteiger partial charge in [0.15, 0.2) is 11.5 Å². The van der Waals surface area contributed by atoms with E-state index in [0.29, 0.717) is 12.4 Å². The molecule has 0 saturated heterocycles. The Morgan fingerprint density at radius 3 is 3.08 bits per heavy atom. The quantitative estimate of drug-likeness (QED) is 0.751. The summed E-state index contributed by atoms with van der Waals surface area (Å²) in [6, 6.07) is 5.74. The lowest BCUT2D eigenvalue weighted by Gasteiger charge is -1.92. The van der Waals surface area contributed by atoms with Crippen LogP contribution in [0, 0.1) is 0 Å². The van der Waals surface area contributed by atoms with E-state index in [4.69, 9.17) is 4.74 Å². The van der Waals surface area contributed by atoms with Crippen molar-refractivity contribution < 1.29 is 4.74 Å². The Morgan fingerprint density at radius 1 is 1.54 bits per heavy atom. The third-order valence-electron chi connectivity index (χ3n) is 1.63.